The molecule has 2 N–H and O–H groups in total. The largest absolute Gasteiger partial charge is 0.493 e. The molecule has 0 saturated carbocycles. The minimum atomic E-state index is -0.642. The van der Waals surface area contributed by atoms with Crippen LogP contribution in [0.1, 0.15) is 5.56 Å². The highest BCUT2D eigenvalue weighted by Crippen LogP contribution is 2.37. The van der Waals surface area contributed by atoms with E-state index in [9.17, 15) is 14.7 Å². The van der Waals surface area contributed by atoms with Gasteiger partial charge in [-0.3, -0.25) is 9.59 Å². The zero-order valence-electron chi connectivity index (χ0n) is 15.5. The lowest BCUT2D eigenvalue weighted by Crippen LogP contribution is -2.32. The Kier molecular flexibility index (Phi) is 5.69. The first-order valence-electron chi connectivity index (χ1n) is 8.63. The Morgan fingerprint density at radius 1 is 1.18 bits per heavy atom. The van der Waals surface area contributed by atoms with Crippen LogP contribution in [0.15, 0.2) is 58.8 Å². The number of benzene rings is 2. The van der Waals surface area contributed by atoms with Gasteiger partial charge in [-0.1, -0.05) is 30.3 Å². The molecule has 8 nitrogen and oxygen atoms in total. The number of aromatic nitrogens is 1. The quantitative estimate of drug-likeness (QED) is 0.641. The fourth-order valence-corrected chi connectivity index (χ4v) is 2.68. The molecule has 0 aliphatic carbocycles. The molecule has 1 heterocycles. The van der Waals surface area contributed by atoms with Crippen LogP contribution in [-0.2, 0) is 16.6 Å². The Morgan fingerprint density at radius 3 is 2.75 bits per heavy atom. The molecule has 28 heavy (non-hydrogen) atoms. The first kappa shape index (κ1) is 19.1. The van der Waals surface area contributed by atoms with Gasteiger partial charge in [-0.05, 0) is 30.7 Å². The van der Waals surface area contributed by atoms with E-state index in [1.807, 2.05) is 37.3 Å². The third-order valence-corrected chi connectivity index (χ3v) is 4.11. The Balaban J connectivity index is 1.54. The van der Waals surface area contributed by atoms with Crippen LogP contribution in [0, 0.1) is 6.92 Å². The molecule has 0 aliphatic rings. The van der Waals surface area contributed by atoms with Crippen molar-refractivity contribution >= 4 is 28.4 Å². The van der Waals surface area contributed by atoms with E-state index in [0.29, 0.717) is 11.1 Å². The average Bonchev–Trinajstić information content (AvgIpc) is 2.94. The van der Waals surface area contributed by atoms with Gasteiger partial charge in [0, 0.05) is 12.4 Å². The van der Waals surface area contributed by atoms with Crippen molar-refractivity contribution in [1.82, 2.24) is 9.88 Å². The molecule has 8 heteroatoms. The average molecular weight is 380 g/mol. The van der Waals surface area contributed by atoms with E-state index in [-0.39, 0.29) is 24.7 Å². The number of carbonyl (C=O) groups excluding carboxylic acids is 2. The van der Waals surface area contributed by atoms with Gasteiger partial charge in [0.2, 0.25) is 5.88 Å². The summed E-state index contributed by atoms with van der Waals surface area (Å²) in [5, 5.41) is 20.7. The number of aryl methyl sites for hydroxylation is 2. The van der Waals surface area contributed by atoms with Gasteiger partial charge >= 0.3 is 0 Å². The molecule has 0 radical (unpaired) electrons. The lowest BCUT2D eigenvalue weighted by atomic mass is 10.2. The summed E-state index contributed by atoms with van der Waals surface area (Å²) in [4.78, 5) is 23.7. The number of hydrogen-bond acceptors (Lipinski definition) is 5. The smallest absolute Gasteiger partial charge is 0.283 e. The zero-order chi connectivity index (χ0) is 20.1. The molecule has 0 bridgehead atoms. The van der Waals surface area contributed by atoms with Crippen molar-refractivity contribution in [3.63, 3.8) is 0 Å². The van der Waals surface area contributed by atoms with Crippen LogP contribution in [0.5, 0.6) is 11.6 Å². The summed E-state index contributed by atoms with van der Waals surface area (Å²) in [5.41, 5.74) is 1.99. The van der Waals surface area contributed by atoms with Crippen LogP contribution in [0.3, 0.4) is 0 Å². The minimum Gasteiger partial charge on any atom is -0.493 e. The molecule has 0 fully saturated rings. The molecule has 0 spiro atoms. The van der Waals surface area contributed by atoms with Crippen molar-refractivity contribution in [2.75, 3.05) is 13.2 Å². The Labute approximate surface area is 161 Å². The SMILES string of the molecule is Cc1cccc(OCC(=O)NCC(=O)N=Nc2c(O)n(C)c3ccccc23)c1. The number of fused-ring (bicyclic) bond motifs is 1. The van der Waals surface area contributed by atoms with Crippen LogP contribution in [0.2, 0.25) is 0 Å². The van der Waals surface area contributed by atoms with Crippen LogP contribution in [0.25, 0.3) is 10.9 Å². The molecule has 3 aromatic rings. The van der Waals surface area contributed by atoms with Crippen LogP contribution in [0.4, 0.5) is 5.69 Å². The van der Waals surface area contributed by atoms with E-state index in [1.165, 1.54) is 0 Å². The van der Waals surface area contributed by atoms with Crippen molar-refractivity contribution in [3.8, 4) is 11.6 Å². The summed E-state index contributed by atoms with van der Waals surface area (Å²) in [6, 6.07) is 14.5. The number of ether oxygens (including phenoxy) is 1. The first-order chi connectivity index (χ1) is 13.5. The van der Waals surface area contributed by atoms with Gasteiger partial charge in [-0.2, -0.15) is 0 Å². The third kappa shape index (κ3) is 4.35. The van der Waals surface area contributed by atoms with Crippen LogP contribution in [-0.4, -0.2) is 34.6 Å². The minimum absolute atomic E-state index is 0.0895. The summed E-state index contributed by atoms with van der Waals surface area (Å²) in [6.07, 6.45) is 0. The lowest BCUT2D eigenvalue weighted by Gasteiger charge is -2.06. The zero-order valence-corrected chi connectivity index (χ0v) is 15.5. The van der Waals surface area contributed by atoms with Crippen molar-refractivity contribution in [3.05, 3.63) is 54.1 Å². The Bertz CT molecular complexity index is 1060. The molecule has 144 valence electrons. The monoisotopic (exact) mass is 380 g/mol. The maximum atomic E-state index is 11.9. The topological polar surface area (TPSA) is 105 Å². The molecule has 0 saturated heterocycles. The highest BCUT2D eigenvalue weighted by atomic mass is 16.5. The van der Waals surface area contributed by atoms with E-state index in [1.54, 1.807) is 29.8 Å². The maximum Gasteiger partial charge on any atom is 0.283 e. The van der Waals surface area contributed by atoms with Crippen molar-refractivity contribution in [1.29, 1.82) is 0 Å². The van der Waals surface area contributed by atoms with E-state index < -0.39 is 11.8 Å². The number of rotatable bonds is 6. The molecule has 0 atom stereocenters. The summed E-state index contributed by atoms with van der Waals surface area (Å²) < 4.78 is 6.92. The van der Waals surface area contributed by atoms with Gasteiger partial charge < -0.3 is 19.7 Å². The van der Waals surface area contributed by atoms with E-state index in [4.69, 9.17) is 4.74 Å². The molecule has 0 unspecified atom stereocenters. The Morgan fingerprint density at radius 2 is 1.96 bits per heavy atom. The number of para-hydroxylation sites is 1. The number of amides is 2. The number of hydrogen-bond donors (Lipinski definition) is 2. The summed E-state index contributed by atoms with van der Waals surface area (Å²) >= 11 is 0. The van der Waals surface area contributed by atoms with Crippen molar-refractivity contribution in [2.45, 2.75) is 6.92 Å². The van der Waals surface area contributed by atoms with Gasteiger partial charge in [-0.15, -0.1) is 10.2 Å². The highest BCUT2D eigenvalue weighted by molar-refractivity contribution is 5.95. The first-order valence-corrected chi connectivity index (χ1v) is 8.63. The van der Waals surface area contributed by atoms with Gasteiger partial charge in [0.05, 0.1) is 5.52 Å². The third-order valence-electron chi connectivity index (χ3n) is 4.11. The summed E-state index contributed by atoms with van der Waals surface area (Å²) in [7, 11) is 1.69. The van der Waals surface area contributed by atoms with E-state index >= 15 is 0 Å². The highest BCUT2D eigenvalue weighted by Gasteiger charge is 2.14. The maximum absolute atomic E-state index is 11.9. The molecule has 0 aliphatic heterocycles. The van der Waals surface area contributed by atoms with E-state index in [2.05, 4.69) is 15.5 Å². The van der Waals surface area contributed by atoms with Gasteiger partial charge in [0.25, 0.3) is 11.8 Å². The second kappa shape index (κ2) is 8.34. The fraction of sp³-hybridized carbons (Fsp3) is 0.200. The summed E-state index contributed by atoms with van der Waals surface area (Å²) in [6.45, 7) is 1.40. The molecular formula is C20H20N4O4. The normalized spacial score (nSPS) is 11.1. The lowest BCUT2D eigenvalue weighted by molar-refractivity contribution is -0.126. The molecular weight excluding hydrogens is 360 g/mol. The Hall–Kier alpha value is -3.68. The standard InChI is InChI=1S/C20H20N4O4/c1-13-6-5-7-14(10-13)28-12-18(26)21-11-17(25)22-23-19-15-8-3-4-9-16(15)24(2)20(19)27/h3-10,27H,11-12H2,1-2H3,(H,21,26). The molecule has 2 aromatic carbocycles. The van der Waals surface area contributed by atoms with Crippen molar-refractivity contribution in [2.24, 2.45) is 17.3 Å². The predicted molar refractivity (Wildman–Crippen MR) is 104 cm³/mol. The predicted octanol–water partition coefficient (Wildman–Crippen LogP) is 3.00. The van der Waals surface area contributed by atoms with Gasteiger partial charge in [-0.25, -0.2) is 0 Å². The van der Waals surface area contributed by atoms with Crippen LogP contribution < -0.4 is 10.1 Å². The number of azo groups is 1. The van der Waals surface area contributed by atoms with Crippen molar-refractivity contribution < 1.29 is 19.4 Å². The summed E-state index contributed by atoms with van der Waals surface area (Å²) in [5.74, 6) is -0.602. The van der Waals surface area contributed by atoms with Gasteiger partial charge in [0.1, 0.15) is 12.3 Å². The second-order valence-electron chi connectivity index (χ2n) is 6.22. The van der Waals surface area contributed by atoms with E-state index in [0.717, 1.165) is 11.1 Å². The fourth-order valence-electron chi connectivity index (χ4n) is 2.68. The number of carbonyl (C=O) groups is 2. The number of nitrogens with one attached hydrogen (secondary N) is 1. The molecule has 1 aromatic heterocycles. The second-order valence-corrected chi connectivity index (χ2v) is 6.22. The molecule has 2 amide bonds. The van der Waals surface area contributed by atoms with Crippen LogP contribution >= 0.6 is 0 Å². The molecule has 3 rings (SSSR count). The number of nitrogens with zero attached hydrogens (tertiary/aromatic N) is 3. The van der Waals surface area contributed by atoms with Gasteiger partial charge in [0.15, 0.2) is 12.3 Å². The number of aromatic hydroxyl groups is 1.